The van der Waals surface area contributed by atoms with Crippen molar-refractivity contribution in [2.24, 2.45) is 17.6 Å². The average molecular weight is 256 g/mol. The highest BCUT2D eigenvalue weighted by Crippen LogP contribution is 2.50. The molecule has 2 bridgehead atoms. The van der Waals surface area contributed by atoms with Gasteiger partial charge in [0.05, 0.1) is 6.61 Å². The fourth-order valence-electron chi connectivity index (χ4n) is 3.23. The van der Waals surface area contributed by atoms with Gasteiger partial charge in [-0.05, 0) is 40.0 Å². The van der Waals surface area contributed by atoms with Crippen LogP contribution in [-0.4, -0.2) is 46.4 Å². The molecule has 0 aromatic rings. The Labute approximate surface area is 108 Å². The molecule has 2 heterocycles. The maximum atomic E-state index is 12.1. The van der Waals surface area contributed by atoms with Gasteiger partial charge in [-0.15, -0.1) is 0 Å². The lowest BCUT2D eigenvalue weighted by Crippen LogP contribution is -2.59. The van der Waals surface area contributed by atoms with E-state index >= 15 is 0 Å². The second-order valence-corrected chi connectivity index (χ2v) is 6.89. The van der Waals surface area contributed by atoms with Gasteiger partial charge in [-0.1, -0.05) is 0 Å². The molecule has 0 spiro atoms. The van der Waals surface area contributed by atoms with E-state index in [0.717, 1.165) is 6.42 Å². The molecular weight excluding hydrogens is 232 g/mol. The van der Waals surface area contributed by atoms with E-state index < -0.39 is 11.1 Å². The Hall–Kier alpha value is -0.810. The SMILES string of the molecule is CC(C)(C)OC(=O)N1C[C@@H]2C[C@H]1C2C(C)(N)CO. The largest absolute Gasteiger partial charge is 0.444 e. The van der Waals surface area contributed by atoms with Crippen molar-refractivity contribution >= 4 is 6.09 Å². The monoisotopic (exact) mass is 256 g/mol. The highest BCUT2D eigenvalue weighted by Gasteiger charge is 2.59. The number of amides is 1. The van der Waals surface area contributed by atoms with Crippen LogP contribution in [0.4, 0.5) is 4.79 Å². The molecular formula is C13H24N2O3. The summed E-state index contributed by atoms with van der Waals surface area (Å²) >= 11 is 0. The number of nitrogens with zero attached hydrogens (tertiary/aromatic N) is 1. The number of aliphatic hydroxyl groups is 1. The number of hydrogen-bond donors (Lipinski definition) is 2. The number of hydrogen-bond acceptors (Lipinski definition) is 4. The zero-order valence-electron chi connectivity index (χ0n) is 11.6. The van der Waals surface area contributed by atoms with Crippen molar-refractivity contribution in [3.05, 3.63) is 0 Å². The van der Waals surface area contributed by atoms with E-state index in [-0.39, 0.29) is 24.7 Å². The minimum Gasteiger partial charge on any atom is -0.444 e. The number of aliphatic hydroxyl groups excluding tert-OH is 1. The molecule has 0 aromatic carbocycles. The zero-order chi connectivity index (χ0) is 13.7. The lowest BCUT2D eigenvalue weighted by atomic mass is 9.64. The van der Waals surface area contributed by atoms with Gasteiger partial charge in [-0.3, -0.25) is 0 Å². The third kappa shape index (κ3) is 2.21. The van der Waals surface area contributed by atoms with Gasteiger partial charge in [0.2, 0.25) is 0 Å². The van der Waals surface area contributed by atoms with Gasteiger partial charge >= 0.3 is 6.09 Å². The first-order valence-electron chi connectivity index (χ1n) is 6.55. The predicted molar refractivity (Wildman–Crippen MR) is 68.0 cm³/mol. The first-order chi connectivity index (χ1) is 8.15. The maximum absolute atomic E-state index is 12.1. The summed E-state index contributed by atoms with van der Waals surface area (Å²) in [5.41, 5.74) is 5.03. The molecule has 1 aliphatic carbocycles. The zero-order valence-corrected chi connectivity index (χ0v) is 11.6. The molecule has 3 aliphatic rings. The first-order valence-corrected chi connectivity index (χ1v) is 6.55. The molecule has 1 amide bonds. The van der Waals surface area contributed by atoms with Crippen LogP contribution in [0.2, 0.25) is 0 Å². The number of rotatable bonds is 2. The Morgan fingerprint density at radius 1 is 1.44 bits per heavy atom. The lowest BCUT2D eigenvalue weighted by Gasteiger charge is -2.45. The van der Waals surface area contributed by atoms with Crippen molar-refractivity contribution in [1.29, 1.82) is 0 Å². The second-order valence-electron chi connectivity index (χ2n) is 6.89. The molecule has 2 saturated heterocycles. The van der Waals surface area contributed by atoms with E-state index in [1.807, 2.05) is 27.7 Å². The van der Waals surface area contributed by atoms with Crippen LogP contribution in [0.15, 0.2) is 0 Å². The van der Waals surface area contributed by atoms with Crippen LogP contribution < -0.4 is 5.73 Å². The van der Waals surface area contributed by atoms with Gasteiger partial charge in [0.15, 0.2) is 0 Å². The summed E-state index contributed by atoms with van der Waals surface area (Å²) in [5, 5.41) is 9.34. The predicted octanol–water partition coefficient (Wildman–Crippen LogP) is 0.952. The topological polar surface area (TPSA) is 75.8 Å². The van der Waals surface area contributed by atoms with E-state index in [9.17, 15) is 9.90 Å². The Morgan fingerprint density at radius 2 is 2.06 bits per heavy atom. The molecule has 3 rings (SSSR count). The number of nitrogens with two attached hydrogens (primary N) is 1. The van der Waals surface area contributed by atoms with Gasteiger partial charge < -0.3 is 20.5 Å². The van der Waals surface area contributed by atoms with Crippen LogP contribution in [0.3, 0.4) is 0 Å². The molecule has 5 heteroatoms. The Balaban J connectivity index is 2.02. The van der Waals surface area contributed by atoms with Gasteiger partial charge in [0.1, 0.15) is 5.60 Å². The minimum absolute atomic E-state index is 0.0488. The van der Waals surface area contributed by atoms with E-state index in [1.165, 1.54) is 0 Å². The molecule has 1 saturated carbocycles. The summed E-state index contributed by atoms with van der Waals surface area (Å²) in [7, 11) is 0. The number of carbonyl (C=O) groups is 1. The Bertz CT molecular complexity index is 349. The third-order valence-electron chi connectivity index (χ3n) is 4.03. The molecule has 104 valence electrons. The van der Waals surface area contributed by atoms with Crippen molar-refractivity contribution in [3.8, 4) is 0 Å². The van der Waals surface area contributed by atoms with Crippen LogP contribution in [0.25, 0.3) is 0 Å². The van der Waals surface area contributed by atoms with Gasteiger partial charge in [0.25, 0.3) is 0 Å². The summed E-state index contributed by atoms with van der Waals surface area (Å²) in [4.78, 5) is 13.8. The van der Waals surface area contributed by atoms with Crippen molar-refractivity contribution in [2.75, 3.05) is 13.2 Å². The number of fused-ring (bicyclic) bond motifs is 1. The molecule has 0 aromatic heterocycles. The molecule has 18 heavy (non-hydrogen) atoms. The molecule has 2 aliphatic heterocycles. The highest BCUT2D eigenvalue weighted by atomic mass is 16.6. The standard InChI is InChI=1S/C13H24N2O3/c1-12(2,3)18-11(17)15-6-8-5-9(15)10(8)13(4,14)7-16/h8-10,16H,5-7,14H2,1-4H3/t8-,9-,10?,13?/m0/s1. The quantitative estimate of drug-likeness (QED) is 0.771. The Morgan fingerprint density at radius 3 is 2.56 bits per heavy atom. The molecule has 0 radical (unpaired) electrons. The average Bonchev–Trinajstić information content (AvgIpc) is 2.71. The normalized spacial score (nSPS) is 33.9. The Kier molecular flexibility index (Phi) is 3.10. The van der Waals surface area contributed by atoms with E-state index in [1.54, 1.807) is 4.90 Å². The van der Waals surface area contributed by atoms with Crippen molar-refractivity contribution in [1.82, 2.24) is 4.90 Å². The summed E-state index contributed by atoms with van der Waals surface area (Å²) < 4.78 is 5.40. The first kappa shape index (κ1) is 13.6. The summed E-state index contributed by atoms with van der Waals surface area (Å²) in [6.07, 6.45) is 0.725. The van der Waals surface area contributed by atoms with Gasteiger partial charge in [-0.25, -0.2) is 4.79 Å². The van der Waals surface area contributed by atoms with Crippen LogP contribution in [0.5, 0.6) is 0 Å². The van der Waals surface area contributed by atoms with Gasteiger partial charge in [-0.2, -0.15) is 0 Å². The van der Waals surface area contributed by atoms with Crippen molar-refractivity contribution < 1.29 is 14.6 Å². The number of carbonyl (C=O) groups excluding carboxylic acids is 1. The lowest BCUT2D eigenvalue weighted by molar-refractivity contribution is 0.00785. The highest BCUT2D eigenvalue weighted by molar-refractivity contribution is 5.70. The van der Waals surface area contributed by atoms with E-state index in [0.29, 0.717) is 12.5 Å². The van der Waals surface area contributed by atoms with Crippen LogP contribution >= 0.6 is 0 Å². The maximum Gasteiger partial charge on any atom is 0.410 e. The van der Waals surface area contributed by atoms with Crippen LogP contribution in [-0.2, 0) is 4.74 Å². The molecule has 4 atom stereocenters. The third-order valence-corrected chi connectivity index (χ3v) is 4.03. The van der Waals surface area contributed by atoms with Crippen LogP contribution in [0.1, 0.15) is 34.1 Å². The van der Waals surface area contributed by atoms with E-state index in [4.69, 9.17) is 10.5 Å². The fourth-order valence-corrected chi connectivity index (χ4v) is 3.23. The molecule has 5 nitrogen and oxygen atoms in total. The summed E-state index contributed by atoms with van der Waals surface area (Å²) in [6, 6.07) is 0.131. The minimum atomic E-state index is -0.607. The van der Waals surface area contributed by atoms with Crippen LogP contribution in [0, 0.1) is 11.8 Å². The molecule has 2 unspecified atom stereocenters. The summed E-state index contributed by atoms with van der Waals surface area (Å²) in [5.74, 6) is 0.597. The second kappa shape index (κ2) is 4.10. The van der Waals surface area contributed by atoms with Gasteiger partial charge in [0, 0.05) is 24.0 Å². The van der Waals surface area contributed by atoms with E-state index in [2.05, 4.69) is 0 Å². The molecule has 3 N–H and O–H groups in total. The van der Waals surface area contributed by atoms with Crippen molar-refractivity contribution in [3.63, 3.8) is 0 Å². The summed E-state index contributed by atoms with van der Waals surface area (Å²) in [6.45, 7) is 8.11. The smallest absolute Gasteiger partial charge is 0.410 e. The van der Waals surface area contributed by atoms with Crippen molar-refractivity contribution in [2.45, 2.75) is 51.3 Å². The fraction of sp³-hybridized carbons (Fsp3) is 0.923. The number of ether oxygens (including phenoxy) is 1. The molecule has 3 fully saturated rings.